The number of ether oxygens (including phenoxy) is 1. The maximum absolute atomic E-state index is 9.45. The van der Waals surface area contributed by atoms with E-state index in [1.807, 2.05) is 13.8 Å². The monoisotopic (exact) mass is 328 g/mol. The number of β-amino-alcohol motifs (C(OH)–C–C–N with tert-alkyl or cyclic N) is 1. The van der Waals surface area contributed by atoms with Gasteiger partial charge in [0.2, 0.25) is 0 Å². The Balaban J connectivity index is 1.70. The van der Waals surface area contributed by atoms with Gasteiger partial charge in [0.05, 0.1) is 19.3 Å². The molecular weight excluding hydrogens is 300 g/mol. The fourth-order valence-corrected chi connectivity index (χ4v) is 3.77. The van der Waals surface area contributed by atoms with Gasteiger partial charge in [-0.2, -0.15) is 0 Å². The van der Waals surface area contributed by atoms with Gasteiger partial charge in [-0.25, -0.2) is 0 Å². The lowest BCUT2D eigenvalue weighted by Crippen LogP contribution is -2.40. The molecule has 0 bridgehead atoms. The van der Waals surface area contributed by atoms with Crippen LogP contribution in [0.2, 0.25) is 0 Å². The Kier molecular flexibility index (Phi) is 7.01. The summed E-state index contributed by atoms with van der Waals surface area (Å²) in [6, 6.07) is 0. The lowest BCUT2D eigenvalue weighted by molar-refractivity contribution is 0.0919. The summed E-state index contributed by atoms with van der Waals surface area (Å²) in [5.41, 5.74) is 0. The van der Waals surface area contributed by atoms with Crippen LogP contribution in [-0.4, -0.2) is 71.0 Å². The Hall–Kier alpha value is -0.760. The molecule has 1 N–H and O–H groups in total. The molecule has 1 aromatic heterocycles. The van der Waals surface area contributed by atoms with E-state index in [1.54, 1.807) is 0 Å². The van der Waals surface area contributed by atoms with E-state index in [4.69, 9.17) is 4.74 Å². The van der Waals surface area contributed by atoms with Crippen molar-refractivity contribution in [1.82, 2.24) is 20.0 Å². The van der Waals surface area contributed by atoms with Crippen LogP contribution in [0, 0.1) is 5.92 Å². The lowest BCUT2D eigenvalue weighted by Gasteiger charge is -2.34. The molecule has 0 aliphatic carbocycles. The second kappa shape index (κ2) is 8.76. The molecule has 0 aromatic carbocycles. The van der Waals surface area contributed by atoms with Crippen molar-refractivity contribution in [1.29, 1.82) is 0 Å². The fourth-order valence-electron chi connectivity index (χ4n) is 2.95. The first-order valence-electron chi connectivity index (χ1n) is 8.11. The quantitative estimate of drug-likeness (QED) is 0.779. The van der Waals surface area contributed by atoms with Crippen molar-refractivity contribution >= 4 is 11.3 Å². The number of piperidine rings is 1. The van der Waals surface area contributed by atoms with Crippen LogP contribution in [0.3, 0.4) is 0 Å². The first-order valence-corrected chi connectivity index (χ1v) is 8.92. The van der Waals surface area contributed by atoms with Gasteiger partial charge in [-0.3, -0.25) is 4.90 Å². The first-order chi connectivity index (χ1) is 10.6. The van der Waals surface area contributed by atoms with Crippen molar-refractivity contribution in [2.45, 2.75) is 39.3 Å². The predicted octanol–water partition coefficient (Wildman–Crippen LogP) is 1.46. The SMILES string of the molecule is CCOc1nnc(CN(C)CC2CCN(C[C@@H](C)O)CC2)s1. The summed E-state index contributed by atoms with van der Waals surface area (Å²) in [5, 5.41) is 19.3. The van der Waals surface area contributed by atoms with Crippen LogP contribution in [0.4, 0.5) is 0 Å². The molecule has 1 aliphatic rings. The molecule has 0 unspecified atom stereocenters. The summed E-state index contributed by atoms with van der Waals surface area (Å²) < 4.78 is 5.36. The second-order valence-corrected chi connectivity index (χ2v) is 7.21. The largest absolute Gasteiger partial charge is 0.469 e. The zero-order chi connectivity index (χ0) is 15.9. The Bertz CT molecular complexity index is 433. The molecule has 1 saturated heterocycles. The van der Waals surface area contributed by atoms with Crippen LogP contribution in [0.25, 0.3) is 0 Å². The Morgan fingerprint density at radius 3 is 2.77 bits per heavy atom. The standard InChI is InChI=1S/C15H28N4O2S/c1-4-21-15-17-16-14(22-15)11-18(3)10-13-5-7-19(8-6-13)9-12(2)20/h12-13,20H,4-11H2,1-3H3/t12-/m1/s1. The number of nitrogens with zero attached hydrogens (tertiary/aromatic N) is 4. The van der Waals surface area contributed by atoms with Crippen molar-refractivity contribution in [3.63, 3.8) is 0 Å². The topological polar surface area (TPSA) is 61.7 Å². The second-order valence-electron chi connectivity index (χ2n) is 6.18. The molecule has 1 fully saturated rings. The van der Waals surface area contributed by atoms with E-state index in [0.29, 0.717) is 11.8 Å². The van der Waals surface area contributed by atoms with Gasteiger partial charge in [0, 0.05) is 13.1 Å². The minimum atomic E-state index is -0.226. The summed E-state index contributed by atoms with van der Waals surface area (Å²) in [7, 11) is 2.14. The smallest absolute Gasteiger partial charge is 0.294 e. The summed E-state index contributed by atoms with van der Waals surface area (Å²) in [6.07, 6.45) is 2.19. The Labute approximate surface area is 137 Å². The Morgan fingerprint density at radius 1 is 1.41 bits per heavy atom. The molecule has 22 heavy (non-hydrogen) atoms. The van der Waals surface area contributed by atoms with E-state index in [2.05, 4.69) is 27.0 Å². The van der Waals surface area contributed by atoms with Crippen LogP contribution in [0.1, 0.15) is 31.7 Å². The van der Waals surface area contributed by atoms with Gasteiger partial charge in [0.25, 0.3) is 5.19 Å². The third kappa shape index (κ3) is 5.79. The van der Waals surface area contributed by atoms with Gasteiger partial charge >= 0.3 is 0 Å². The summed E-state index contributed by atoms with van der Waals surface area (Å²) >= 11 is 1.53. The maximum Gasteiger partial charge on any atom is 0.294 e. The lowest BCUT2D eigenvalue weighted by atomic mass is 9.96. The van der Waals surface area contributed by atoms with Gasteiger partial charge in [-0.15, -0.1) is 10.2 Å². The van der Waals surface area contributed by atoms with Gasteiger partial charge in [-0.1, -0.05) is 11.3 Å². The summed E-state index contributed by atoms with van der Waals surface area (Å²) in [4.78, 5) is 4.69. The number of hydrogen-bond donors (Lipinski definition) is 1. The molecule has 2 heterocycles. The molecule has 1 atom stereocenters. The number of aliphatic hydroxyl groups is 1. The van der Waals surface area contributed by atoms with Crippen molar-refractivity contribution < 1.29 is 9.84 Å². The molecule has 126 valence electrons. The van der Waals surface area contributed by atoms with Gasteiger partial charge < -0.3 is 14.7 Å². The molecule has 6 nitrogen and oxygen atoms in total. The highest BCUT2D eigenvalue weighted by molar-refractivity contribution is 7.13. The van der Waals surface area contributed by atoms with E-state index < -0.39 is 0 Å². The summed E-state index contributed by atoms with van der Waals surface area (Å²) in [6.45, 7) is 9.36. The Morgan fingerprint density at radius 2 is 2.14 bits per heavy atom. The van der Waals surface area contributed by atoms with Crippen molar-refractivity contribution in [2.75, 3.05) is 39.8 Å². The van der Waals surface area contributed by atoms with Crippen LogP contribution >= 0.6 is 11.3 Å². The van der Waals surface area contributed by atoms with Crippen molar-refractivity contribution in [3.8, 4) is 5.19 Å². The van der Waals surface area contributed by atoms with Crippen LogP contribution < -0.4 is 4.74 Å². The van der Waals surface area contributed by atoms with Crippen molar-refractivity contribution in [3.05, 3.63) is 5.01 Å². The average molecular weight is 328 g/mol. The normalized spacial score (nSPS) is 18.8. The van der Waals surface area contributed by atoms with Crippen LogP contribution in [0.15, 0.2) is 0 Å². The van der Waals surface area contributed by atoms with Crippen LogP contribution in [-0.2, 0) is 6.54 Å². The molecule has 7 heteroatoms. The van der Waals surface area contributed by atoms with Gasteiger partial charge in [0.15, 0.2) is 0 Å². The molecule has 0 radical (unpaired) electrons. The number of rotatable bonds is 8. The highest BCUT2D eigenvalue weighted by atomic mass is 32.1. The number of aromatic nitrogens is 2. The molecule has 0 saturated carbocycles. The predicted molar refractivity (Wildman–Crippen MR) is 88.3 cm³/mol. The maximum atomic E-state index is 9.45. The summed E-state index contributed by atoms with van der Waals surface area (Å²) in [5.74, 6) is 0.731. The van der Waals surface area contributed by atoms with E-state index in [-0.39, 0.29) is 6.10 Å². The third-order valence-electron chi connectivity index (χ3n) is 3.92. The molecule has 0 spiro atoms. The molecule has 0 amide bonds. The first kappa shape index (κ1) is 17.6. The minimum absolute atomic E-state index is 0.226. The molecule has 2 rings (SSSR count). The molecule has 1 aromatic rings. The number of aliphatic hydroxyl groups excluding tert-OH is 1. The molecular formula is C15H28N4O2S. The van der Waals surface area contributed by atoms with E-state index >= 15 is 0 Å². The highest BCUT2D eigenvalue weighted by Crippen LogP contribution is 2.21. The fraction of sp³-hybridized carbons (Fsp3) is 0.867. The van der Waals surface area contributed by atoms with E-state index in [9.17, 15) is 5.11 Å². The van der Waals surface area contributed by atoms with Gasteiger partial charge in [-0.05, 0) is 52.7 Å². The highest BCUT2D eigenvalue weighted by Gasteiger charge is 2.21. The van der Waals surface area contributed by atoms with Gasteiger partial charge in [0.1, 0.15) is 5.01 Å². The number of hydrogen-bond acceptors (Lipinski definition) is 7. The molecule has 1 aliphatic heterocycles. The third-order valence-corrected chi connectivity index (χ3v) is 4.74. The van der Waals surface area contributed by atoms with E-state index in [0.717, 1.165) is 43.6 Å². The van der Waals surface area contributed by atoms with E-state index in [1.165, 1.54) is 24.2 Å². The zero-order valence-corrected chi connectivity index (χ0v) is 14.7. The van der Waals surface area contributed by atoms with Crippen LogP contribution in [0.5, 0.6) is 5.19 Å². The minimum Gasteiger partial charge on any atom is -0.469 e. The van der Waals surface area contributed by atoms with Crippen molar-refractivity contribution in [2.24, 2.45) is 5.92 Å². The average Bonchev–Trinajstić information content (AvgIpc) is 2.88. The number of likely N-dealkylation sites (tertiary alicyclic amines) is 1. The zero-order valence-electron chi connectivity index (χ0n) is 13.9.